The van der Waals surface area contributed by atoms with E-state index in [1.165, 1.54) is 18.4 Å². The van der Waals surface area contributed by atoms with Crippen LogP contribution >= 0.6 is 0 Å². The van der Waals surface area contributed by atoms with Gasteiger partial charge in [-0.3, -0.25) is 0 Å². The number of rotatable bonds is 6. The van der Waals surface area contributed by atoms with E-state index in [-0.39, 0.29) is 6.04 Å². The van der Waals surface area contributed by atoms with Crippen LogP contribution in [0.2, 0.25) is 0 Å². The Bertz CT molecular complexity index is 436. The highest BCUT2D eigenvalue weighted by Crippen LogP contribution is 2.31. The summed E-state index contributed by atoms with van der Waals surface area (Å²) in [5.41, 5.74) is 1.20. The summed E-state index contributed by atoms with van der Waals surface area (Å²) >= 11 is 0. The Morgan fingerprint density at radius 3 is 2.50 bits per heavy atom. The van der Waals surface area contributed by atoms with Gasteiger partial charge in [0.2, 0.25) is 0 Å². The van der Waals surface area contributed by atoms with Gasteiger partial charge in [0, 0.05) is 19.2 Å². The Hall–Kier alpha value is -1.26. The van der Waals surface area contributed by atoms with E-state index in [1.807, 2.05) is 12.1 Å². The van der Waals surface area contributed by atoms with Crippen molar-refractivity contribution < 1.29 is 14.2 Å². The van der Waals surface area contributed by atoms with Gasteiger partial charge in [-0.2, -0.15) is 0 Å². The second kappa shape index (κ2) is 6.95. The van der Waals surface area contributed by atoms with Crippen LogP contribution in [-0.4, -0.2) is 33.5 Å². The van der Waals surface area contributed by atoms with Crippen LogP contribution in [0.4, 0.5) is 0 Å². The molecule has 1 aromatic carbocycles. The quantitative estimate of drug-likeness (QED) is 0.869. The fourth-order valence-electron chi connectivity index (χ4n) is 2.94. The smallest absolute Gasteiger partial charge is 0.161 e. The zero-order valence-electron chi connectivity index (χ0n) is 12.8. The highest BCUT2D eigenvalue weighted by atomic mass is 16.5. The van der Waals surface area contributed by atoms with Crippen molar-refractivity contribution in [2.45, 2.75) is 44.4 Å². The molecule has 0 aliphatic heterocycles. The first kappa shape index (κ1) is 15.1. The molecule has 4 heteroatoms. The molecule has 0 bridgehead atoms. The topological polar surface area (TPSA) is 39.7 Å². The van der Waals surface area contributed by atoms with Gasteiger partial charge in [-0.05, 0) is 43.9 Å². The summed E-state index contributed by atoms with van der Waals surface area (Å²) in [4.78, 5) is 0. The Kier molecular flexibility index (Phi) is 5.26. The van der Waals surface area contributed by atoms with E-state index in [0.29, 0.717) is 12.1 Å². The molecule has 1 aliphatic rings. The van der Waals surface area contributed by atoms with Crippen LogP contribution in [-0.2, 0) is 4.74 Å². The molecule has 0 amide bonds. The minimum atomic E-state index is 0.260. The lowest BCUT2D eigenvalue weighted by atomic mass is 10.1. The third-order valence-electron chi connectivity index (χ3n) is 4.13. The SMILES string of the molecule is COc1ccc(C(C)NC2CCCC2OC)cc1OC. The average Bonchev–Trinajstić information content (AvgIpc) is 2.93. The van der Waals surface area contributed by atoms with E-state index >= 15 is 0 Å². The van der Waals surface area contributed by atoms with Crippen molar-refractivity contribution >= 4 is 0 Å². The van der Waals surface area contributed by atoms with Crippen molar-refractivity contribution in [3.63, 3.8) is 0 Å². The first-order valence-electron chi connectivity index (χ1n) is 7.20. The van der Waals surface area contributed by atoms with Gasteiger partial charge in [0.15, 0.2) is 11.5 Å². The normalized spacial score (nSPS) is 23.6. The van der Waals surface area contributed by atoms with Crippen molar-refractivity contribution in [3.05, 3.63) is 23.8 Å². The molecule has 0 saturated heterocycles. The molecule has 1 aromatic rings. The molecule has 112 valence electrons. The van der Waals surface area contributed by atoms with Gasteiger partial charge >= 0.3 is 0 Å². The van der Waals surface area contributed by atoms with Gasteiger partial charge in [-0.1, -0.05) is 6.07 Å². The molecule has 1 fully saturated rings. The number of ether oxygens (including phenoxy) is 3. The monoisotopic (exact) mass is 279 g/mol. The standard InChI is InChI=1S/C16H25NO3/c1-11(17-13-6-5-7-14(13)18-2)12-8-9-15(19-3)16(10-12)20-4/h8-11,13-14,17H,5-7H2,1-4H3. The average molecular weight is 279 g/mol. The van der Waals surface area contributed by atoms with Gasteiger partial charge in [0.25, 0.3) is 0 Å². The van der Waals surface area contributed by atoms with Gasteiger partial charge < -0.3 is 19.5 Å². The minimum absolute atomic E-state index is 0.260. The molecule has 0 aromatic heterocycles. The fourth-order valence-corrected chi connectivity index (χ4v) is 2.94. The van der Waals surface area contributed by atoms with Crippen molar-refractivity contribution in [1.82, 2.24) is 5.32 Å². The van der Waals surface area contributed by atoms with Gasteiger partial charge in [0.1, 0.15) is 0 Å². The molecule has 0 heterocycles. The third kappa shape index (κ3) is 3.25. The van der Waals surface area contributed by atoms with Crippen molar-refractivity contribution in [2.24, 2.45) is 0 Å². The van der Waals surface area contributed by atoms with Crippen molar-refractivity contribution in [2.75, 3.05) is 21.3 Å². The molecule has 1 N–H and O–H groups in total. The summed E-state index contributed by atoms with van der Waals surface area (Å²) in [5.74, 6) is 1.53. The Morgan fingerprint density at radius 1 is 1.10 bits per heavy atom. The van der Waals surface area contributed by atoms with Crippen LogP contribution in [0.15, 0.2) is 18.2 Å². The van der Waals surface area contributed by atoms with E-state index in [2.05, 4.69) is 18.3 Å². The number of nitrogens with one attached hydrogen (secondary N) is 1. The first-order chi connectivity index (χ1) is 9.69. The highest BCUT2D eigenvalue weighted by molar-refractivity contribution is 5.43. The summed E-state index contributed by atoms with van der Waals surface area (Å²) in [7, 11) is 5.12. The number of benzene rings is 1. The van der Waals surface area contributed by atoms with E-state index in [0.717, 1.165) is 17.9 Å². The molecule has 3 unspecified atom stereocenters. The van der Waals surface area contributed by atoms with E-state index in [1.54, 1.807) is 21.3 Å². The minimum Gasteiger partial charge on any atom is -0.493 e. The van der Waals surface area contributed by atoms with Gasteiger partial charge in [-0.25, -0.2) is 0 Å². The Morgan fingerprint density at radius 2 is 1.85 bits per heavy atom. The van der Waals surface area contributed by atoms with E-state index in [4.69, 9.17) is 14.2 Å². The van der Waals surface area contributed by atoms with Crippen LogP contribution in [0.3, 0.4) is 0 Å². The second-order valence-corrected chi connectivity index (χ2v) is 5.31. The molecule has 4 nitrogen and oxygen atoms in total. The van der Waals surface area contributed by atoms with Crippen LogP contribution in [0.5, 0.6) is 11.5 Å². The maximum Gasteiger partial charge on any atom is 0.161 e. The first-order valence-corrected chi connectivity index (χ1v) is 7.20. The largest absolute Gasteiger partial charge is 0.493 e. The molecule has 2 rings (SSSR count). The third-order valence-corrected chi connectivity index (χ3v) is 4.13. The van der Waals surface area contributed by atoms with Crippen LogP contribution in [0, 0.1) is 0 Å². The van der Waals surface area contributed by atoms with E-state index in [9.17, 15) is 0 Å². The van der Waals surface area contributed by atoms with Crippen molar-refractivity contribution in [3.8, 4) is 11.5 Å². The summed E-state index contributed by atoms with van der Waals surface area (Å²) in [5, 5.41) is 3.66. The maximum atomic E-state index is 5.53. The van der Waals surface area contributed by atoms with Crippen LogP contribution < -0.4 is 14.8 Å². The summed E-state index contributed by atoms with van der Waals surface area (Å²) in [6, 6.07) is 6.76. The lowest BCUT2D eigenvalue weighted by Crippen LogP contribution is -2.38. The maximum absolute atomic E-state index is 5.53. The molecule has 20 heavy (non-hydrogen) atoms. The van der Waals surface area contributed by atoms with Crippen LogP contribution in [0.1, 0.15) is 37.8 Å². The summed E-state index contributed by atoms with van der Waals surface area (Å²) in [6.45, 7) is 2.17. The number of hydrogen-bond donors (Lipinski definition) is 1. The zero-order valence-corrected chi connectivity index (χ0v) is 12.8. The Labute approximate surface area is 121 Å². The number of hydrogen-bond acceptors (Lipinski definition) is 4. The van der Waals surface area contributed by atoms with Gasteiger partial charge in [-0.15, -0.1) is 0 Å². The molecule has 1 saturated carbocycles. The number of methoxy groups -OCH3 is 3. The molecular formula is C16H25NO3. The summed E-state index contributed by atoms with van der Waals surface area (Å²) in [6.07, 6.45) is 3.88. The van der Waals surface area contributed by atoms with Gasteiger partial charge in [0.05, 0.1) is 20.3 Å². The zero-order chi connectivity index (χ0) is 14.5. The lowest BCUT2D eigenvalue weighted by molar-refractivity contribution is 0.0819. The fraction of sp³-hybridized carbons (Fsp3) is 0.625. The van der Waals surface area contributed by atoms with Crippen LogP contribution in [0.25, 0.3) is 0 Å². The summed E-state index contributed by atoms with van der Waals surface area (Å²) < 4.78 is 16.2. The van der Waals surface area contributed by atoms with E-state index < -0.39 is 0 Å². The predicted molar refractivity (Wildman–Crippen MR) is 79.5 cm³/mol. The molecule has 0 spiro atoms. The molecule has 3 atom stereocenters. The Balaban J connectivity index is 2.07. The second-order valence-electron chi connectivity index (χ2n) is 5.31. The molecular weight excluding hydrogens is 254 g/mol. The molecule has 0 radical (unpaired) electrons. The van der Waals surface area contributed by atoms with Crippen molar-refractivity contribution in [1.29, 1.82) is 0 Å². The highest BCUT2D eigenvalue weighted by Gasteiger charge is 2.28. The molecule has 1 aliphatic carbocycles. The lowest BCUT2D eigenvalue weighted by Gasteiger charge is -2.25. The predicted octanol–water partition coefficient (Wildman–Crippen LogP) is 2.92.